The van der Waals surface area contributed by atoms with E-state index >= 15 is 0 Å². The monoisotopic (exact) mass is 306 g/mol. The first-order valence-electron chi connectivity index (χ1n) is 5.55. The third-order valence-electron chi connectivity index (χ3n) is 2.76. The highest BCUT2D eigenvalue weighted by molar-refractivity contribution is 6.22. The molecule has 2 aromatic rings. The van der Waals surface area contributed by atoms with Crippen molar-refractivity contribution in [2.75, 3.05) is 0 Å². The van der Waals surface area contributed by atoms with Gasteiger partial charge >= 0.3 is 6.18 Å². The summed E-state index contributed by atoms with van der Waals surface area (Å²) in [5, 5.41) is -1.06. The van der Waals surface area contributed by atoms with E-state index < -0.39 is 28.8 Å². The lowest BCUT2D eigenvalue weighted by Gasteiger charge is -2.13. The molecule has 0 aromatic heterocycles. The van der Waals surface area contributed by atoms with Gasteiger partial charge in [0.05, 0.1) is 10.9 Å². The van der Waals surface area contributed by atoms with E-state index in [9.17, 15) is 22.0 Å². The fraction of sp³-hybridized carbons (Fsp3) is 0.143. The second kappa shape index (κ2) is 5.40. The maximum Gasteiger partial charge on any atom is 0.416 e. The molecule has 0 aliphatic carbocycles. The summed E-state index contributed by atoms with van der Waals surface area (Å²) < 4.78 is 63.9. The smallest absolute Gasteiger partial charge is 0.207 e. The van der Waals surface area contributed by atoms with Crippen molar-refractivity contribution in [3.05, 3.63) is 70.8 Å². The van der Waals surface area contributed by atoms with Crippen LogP contribution >= 0.6 is 11.6 Å². The fourth-order valence-corrected chi connectivity index (χ4v) is 2.04. The van der Waals surface area contributed by atoms with Gasteiger partial charge in [0.2, 0.25) is 0 Å². The van der Waals surface area contributed by atoms with Gasteiger partial charge < -0.3 is 0 Å². The molecule has 6 heteroatoms. The largest absolute Gasteiger partial charge is 0.416 e. The fourth-order valence-electron chi connectivity index (χ4n) is 1.73. The highest BCUT2D eigenvalue weighted by Crippen LogP contribution is 2.34. The van der Waals surface area contributed by atoms with E-state index in [1.807, 2.05) is 0 Å². The van der Waals surface area contributed by atoms with E-state index in [-0.39, 0.29) is 11.1 Å². The van der Waals surface area contributed by atoms with Crippen molar-refractivity contribution in [1.29, 1.82) is 0 Å². The normalized spacial score (nSPS) is 13.3. The van der Waals surface area contributed by atoms with E-state index in [0.717, 1.165) is 42.5 Å². The Labute approximate surface area is 116 Å². The van der Waals surface area contributed by atoms with E-state index in [4.69, 9.17) is 11.6 Å². The minimum absolute atomic E-state index is 0.119. The van der Waals surface area contributed by atoms with Crippen molar-refractivity contribution in [3.63, 3.8) is 0 Å². The Morgan fingerprint density at radius 1 is 0.900 bits per heavy atom. The van der Waals surface area contributed by atoms with Gasteiger partial charge in [0, 0.05) is 5.56 Å². The number of halogens is 6. The lowest BCUT2D eigenvalue weighted by atomic mass is 10.0. The Hall–Kier alpha value is -1.62. The first kappa shape index (κ1) is 14.8. The molecule has 0 N–H and O–H groups in total. The summed E-state index contributed by atoms with van der Waals surface area (Å²) in [5.41, 5.74) is -0.694. The first-order valence-corrected chi connectivity index (χ1v) is 5.99. The van der Waals surface area contributed by atoms with Crippen LogP contribution in [0.1, 0.15) is 22.1 Å². The number of hydrogen-bond acceptors (Lipinski definition) is 0. The molecule has 0 fully saturated rings. The molecule has 106 valence electrons. The van der Waals surface area contributed by atoms with Crippen molar-refractivity contribution < 1.29 is 22.0 Å². The number of benzene rings is 2. The zero-order chi connectivity index (χ0) is 14.9. The van der Waals surface area contributed by atoms with Gasteiger partial charge in [-0.15, -0.1) is 11.6 Å². The molecule has 0 heterocycles. The number of alkyl halides is 4. The molecular weight excluding hydrogens is 299 g/mol. The number of rotatable bonds is 2. The van der Waals surface area contributed by atoms with E-state index in [1.165, 1.54) is 0 Å². The Balaban J connectivity index is 2.34. The summed E-state index contributed by atoms with van der Waals surface area (Å²) in [5.74, 6) is -1.38. The third-order valence-corrected chi connectivity index (χ3v) is 3.25. The van der Waals surface area contributed by atoms with Crippen molar-refractivity contribution >= 4 is 11.6 Å². The Morgan fingerprint density at radius 3 is 2.05 bits per heavy atom. The summed E-state index contributed by atoms with van der Waals surface area (Å²) in [7, 11) is 0. The lowest BCUT2D eigenvalue weighted by Crippen LogP contribution is -2.05. The van der Waals surface area contributed by atoms with Crippen LogP contribution in [0.25, 0.3) is 0 Å². The van der Waals surface area contributed by atoms with Crippen LogP contribution < -0.4 is 0 Å². The van der Waals surface area contributed by atoms with Crippen LogP contribution in [0.5, 0.6) is 0 Å². The molecule has 0 bridgehead atoms. The topological polar surface area (TPSA) is 0 Å². The molecule has 20 heavy (non-hydrogen) atoms. The average Bonchev–Trinajstić information content (AvgIpc) is 2.40. The molecule has 2 rings (SSSR count). The van der Waals surface area contributed by atoms with Crippen molar-refractivity contribution in [3.8, 4) is 0 Å². The van der Waals surface area contributed by atoms with Crippen molar-refractivity contribution in [2.24, 2.45) is 0 Å². The van der Waals surface area contributed by atoms with Gasteiger partial charge in [-0.25, -0.2) is 8.78 Å². The molecule has 0 saturated carbocycles. The van der Waals surface area contributed by atoms with Crippen LogP contribution in [0.2, 0.25) is 0 Å². The second-order valence-corrected chi connectivity index (χ2v) is 4.58. The molecule has 0 nitrogen and oxygen atoms in total. The van der Waals surface area contributed by atoms with Crippen molar-refractivity contribution in [2.45, 2.75) is 11.6 Å². The SMILES string of the molecule is Fc1ccc(F)c(C(Cl)c2ccc(C(F)(F)F)cc2)c1. The van der Waals surface area contributed by atoms with Crippen LogP contribution in [0.3, 0.4) is 0 Å². The molecule has 0 amide bonds. The molecule has 0 saturated heterocycles. The van der Waals surface area contributed by atoms with Crippen LogP contribution in [0, 0.1) is 11.6 Å². The summed E-state index contributed by atoms with van der Waals surface area (Å²) in [6.45, 7) is 0. The maximum absolute atomic E-state index is 13.5. The minimum Gasteiger partial charge on any atom is -0.207 e. The summed E-state index contributed by atoms with van der Waals surface area (Å²) in [4.78, 5) is 0. The second-order valence-electron chi connectivity index (χ2n) is 4.15. The van der Waals surface area contributed by atoms with Crippen LogP contribution in [0.4, 0.5) is 22.0 Å². The van der Waals surface area contributed by atoms with E-state index in [0.29, 0.717) is 0 Å². The zero-order valence-corrected chi connectivity index (χ0v) is 10.6. The summed E-state index contributed by atoms with van der Waals surface area (Å²) in [6.07, 6.45) is -4.45. The Morgan fingerprint density at radius 2 is 1.50 bits per heavy atom. The lowest BCUT2D eigenvalue weighted by molar-refractivity contribution is -0.137. The molecule has 0 aliphatic heterocycles. The summed E-state index contributed by atoms with van der Waals surface area (Å²) >= 11 is 5.99. The standard InChI is InChI=1S/C14H8ClF5/c15-13(11-7-10(16)5-6-12(11)17)8-1-3-9(4-2-8)14(18,19)20/h1-7,13H. The molecule has 0 spiro atoms. The van der Waals surface area contributed by atoms with Crippen LogP contribution in [0.15, 0.2) is 42.5 Å². The molecule has 1 unspecified atom stereocenters. The zero-order valence-electron chi connectivity index (χ0n) is 9.89. The molecule has 1 atom stereocenters. The van der Waals surface area contributed by atoms with Gasteiger partial charge in [-0.3, -0.25) is 0 Å². The maximum atomic E-state index is 13.5. The van der Waals surface area contributed by atoms with E-state index in [2.05, 4.69) is 0 Å². The predicted octanol–water partition coefficient (Wildman–Crippen LogP) is 5.31. The van der Waals surface area contributed by atoms with Crippen LogP contribution in [-0.2, 0) is 6.18 Å². The highest BCUT2D eigenvalue weighted by Gasteiger charge is 2.30. The minimum atomic E-state index is -4.45. The summed E-state index contributed by atoms with van der Waals surface area (Å²) in [6, 6.07) is 6.77. The molecular formula is C14H8ClF5. The van der Waals surface area contributed by atoms with Gasteiger partial charge in [0.15, 0.2) is 0 Å². The van der Waals surface area contributed by atoms with Gasteiger partial charge in [0.1, 0.15) is 11.6 Å². The average molecular weight is 307 g/mol. The van der Waals surface area contributed by atoms with E-state index in [1.54, 1.807) is 0 Å². The highest BCUT2D eigenvalue weighted by atomic mass is 35.5. The quantitative estimate of drug-likeness (QED) is 0.521. The first-order chi connectivity index (χ1) is 9.29. The Bertz CT molecular complexity index is 604. The predicted molar refractivity (Wildman–Crippen MR) is 65.5 cm³/mol. The van der Waals surface area contributed by atoms with Crippen molar-refractivity contribution in [1.82, 2.24) is 0 Å². The molecule has 0 aliphatic rings. The third kappa shape index (κ3) is 3.10. The van der Waals surface area contributed by atoms with Gasteiger partial charge in [-0.2, -0.15) is 13.2 Å². The molecule has 2 aromatic carbocycles. The van der Waals surface area contributed by atoms with Gasteiger partial charge in [-0.1, -0.05) is 12.1 Å². The molecule has 0 radical (unpaired) electrons. The van der Waals surface area contributed by atoms with Crippen LogP contribution in [-0.4, -0.2) is 0 Å². The Kier molecular flexibility index (Phi) is 3.99. The van der Waals surface area contributed by atoms with Gasteiger partial charge in [-0.05, 0) is 35.9 Å². The number of hydrogen-bond donors (Lipinski definition) is 0. The van der Waals surface area contributed by atoms with Gasteiger partial charge in [0.25, 0.3) is 0 Å².